The predicted octanol–water partition coefficient (Wildman–Crippen LogP) is 5.45. The molecule has 1 heterocycles. The van der Waals surface area contributed by atoms with E-state index in [-0.39, 0.29) is 18.6 Å². The van der Waals surface area contributed by atoms with Gasteiger partial charge in [-0.25, -0.2) is 4.79 Å². The Bertz CT molecular complexity index is 1230. The maximum Gasteiger partial charge on any atom is 0.338 e. The smallest absolute Gasteiger partial charge is 0.338 e. The first-order valence-corrected chi connectivity index (χ1v) is 11.4. The molecule has 1 unspecified atom stereocenters. The van der Waals surface area contributed by atoms with Gasteiger partial charge in [-0.1, -0.05) is 62.4 Å². The first kappa shape index (κ1) is 23.3. The van der Waals surface area contributed by atoms with E-state index in [4.69, 9.17) is 10.5 Å². The van der Waals surface area contributed by atoms with Crippen LogP contribution in [0.2, 0.25) is 0 Å². The minimum Gasteiger partial charge on any atom is -0.462 e. The predicted molar refractivity (Wildman–Crippen MR) is 136 cm³/mol. The third-order valence-corrected chi connectivity index (χ3v) is 5.87. The van der Waals surface area contributed by atoms with Gasteiger partial charge < -0.3 is 21.1 Å². The third-order valence-electron chi connectivity index (χ3n) is 5.87. The average Bonchev–Trinajstić information content (AvgIpc) is 3.17. The topological polar surface area (TPSA) is 93.4 Å². The van der Waals surface area contributed by atoms with Gasteiger partial charge in [-0.15, -0.1) is 0 Å². The van der Waals surface area contributed by atoms with Crippen molar-refractivity contribution in [3.8, 4) is 0 Å². The fourth-order valence-electron chi connectivity index (χ4n) is 3.96. The van der Waals surface area contributed by atoms with Crippen LogP contribution in [0.25, 0.3) is 11.3 Å². The molecule has 3 aromatic carbocycles. The number of anilines is 2. The zero-order valence-corrected chi connectivity index (χ0v) is 19.6. The second-order valence-electron chi connectivity index (χ2n) is 8.57. The van der Waals surface area contributed by atoms with Crippen molar-refractivity contribution in [1.82, 2.24) is 0 Å². The summed E-state index contributed by atoms with van der Waals surface area (Å²) in [5.41, 5.74) is 12.0. The number of benzene rings is 3. The number of carbonyl (C=O) groups is 2. The molecule has 0 fully saturated rings. The minimum atomic E-state index is -0.418. The lowest BCUT2D eigenvalue weighted by atomic mass is 9.96. The molecule has 4 N–H and O–H groups in total. The van der Waals surface area contributed by atoms with Crippen LogP contribution >= 0.6 is 0 Å². The molecule has 1 amide bonds. The zero-order chi connectivity index (χ0) is 24.2. The number of nitrogens with two attached hydrogens (primary N) is 1. The van der Waals surface area contributed by atoms with Crippen molar-refractivity contribution in [3.05, 3.63) is 95.1 Å². The van der Waals surface area contributed by atoms with E-state index in [2.05, 4.69) is 24.5 Å². The number of rotatable bonds is 7. The highest BCUT2D eigenvalue weighted by Crippen LogP contribution is 2.38. The molecule has 4 rings (SSSR count). The summed E-state index contributed by atoms with van der Waals surface area (Å²) in [5, 5.41) is 6.34. The number of fused-ring (bicyclic) bond motifs is 1. The van der Waals surface area contributed by atoms with Crippen LogP contribution < -0.4 is 16.4 Å². The van der Waals surface area contributed by atoms with Gasteiger partial charge >= 0.3 is 5.97 Å². The van der Waals surface area contributed by atoms with Crippen molar-refractivity contribution in [3.63, 3.8) is 0 Å². The minimum absolute atomic E-state index is 0.0397. The molecule has 3 aromatic rings. The van der Waals surface area contributed by atoms with Gasteiger partial charge in [-0.3, -0.25) is 4.79 Å². The summed E-state index contributed by atoms with van der Waals surface area (Å²) in [6, 6.07) is 22.7. The SMILES string of the molecule is CCOC(=O)c1ccc2c(c1)NC(=O)/C2=C(\Nc1ccc(C(N)C(C)C)cc1)c1ccccc1. The summed E-state index contributed by atoms with van der Waals surface area (Å²) in [7, 11) is 0. The monoisotopic (exact) mass is 455 g/mol. The molecule has 0 saturated carbocycles. The summed E-state index contributed by atoms with van der Waals surface area (Å²) in [4.78, 5) is 25.3. The molecule has 6 nitrogen and oxygen atoms in total. The van der Waals surface area contributed by atoms with Crippen molar-refractivity contribution >= 4 is 34.5 Å². The Balaban J connectivity index is 1.76. The van der Waals surface area contributed by atoms with Crippen LogP contribution in [0.5, 0.6) is 0 Å². The number of carbonyl (C=O) groups excluding carboxylic acids is 2. The number of esters is 1. The lowest BCUT2D eigenvalue weighted by Crippen LogP contribution is -2.16. The quantitative estimate of drug-likeness (QED) is 0.325. The maximum absolute atomic E-state index is 13.1. The van der Waals surface area contributed by atoms with Gasteiger partial charge in [0.1, 0.15) is 0 Å². The van der Waals surface area contributed by atoms with Crippen molar-refractivity contribution in [2.75, 3.05) is 17.2 Å². The Morgan fingerprint density at radius 1 is 1.00 bits per heavy atom. The second-order valence-corrected chi connectivity index (χ2v) is 8.57. The molecular formula is C28H29N3O3. The maximum atomic E-state index is 13.1. The molecule has 1 atom stereocenters. The first-order valence-electron chi connectivity index (χ1n) is 11.4. The van der Waals surface area contributed by atoms with Gasteiger partial charge in [0.2, 0.25) is 0 Å². The van der Waals surface area contributed by atoms with E-state index < -0.39 is 5.97 Å². The Kier molecular flexibility index (Phi) is 6.80. The average molecular weight is 456 g/mol. The number of hydrogen-bond donors (Lipinski definition) is 3. The highest BCUT2D eigenvalue weighted by molar-refractivity contribution is 6.37. The van der Waals surface area contributed by atoms with E-state index in [1.807, 2.05) is 54.6 Å². The number of amides is 1. The van der Waals surface area contributed by atoms with E-state index in [1.54, 1.807) is 25.1 Å². The van der Waals surface area contributed by atoms with E-state index in [9.17, 15) is 9.59 Å². The summed E-state index contributed by atoms with van der Waals surface area (Å²) < 4.78 is 5.09. The zero-order valence-electron chi connectivity index (χ0n) is 19.6. The normalized spacial score (nSPS) is 14.9. The van der Waals surface area contributed by atoms with Crippen molar-refractivity contribution in [2.45, 2.75) is 26.8 Å². The van der Waals surface area contributed by atoms with Crippen LogP contribution in [0, 0.1) is 5.92 Å². The van der Waals surface area contributed by atoms with E-state index in [0.29, 0.717) is 28.4 Å². The molecule has 0 aromatic heterocycles. The molecule has 0 aliphatic carbocycles. The Hall–Kier alpha value is -3.90. The van der Waals surface area contributed by atoms with Crippen LogP contribution in [0.1, 0.15) is 53.9 Å². The third kappa shape index (κ3) is 4.72. The van der Waals surface area contributed by atoms with Crippen LogP contribution in [0.4, 0.5) is 11.4 Å². The summed E-state index contributed by atoms with van der Waals surface area (Å²) in [6.07, 6.45) is 0. The molecule has 0 spiro atoms. The van der Waals surface area contributed by atoms with Crippen LogP contribution in [0.3, 0.4) is 0 Å². The van der Waals surface area contributed by atoms with Crippen LogP contribution in [-0.2, 0) is 9.53 Å². The highest BCUT2D eigenvalue weighted by atomic mass is 16.5. The molecule has 6 heteroatoms. The molecule has 0 bridgehead atoms. The molecule has 1 aliphatic heterocycles. The van der Waals surface area contributed by atoms with Crippen LogP contribution in [0.15, 0.2) is 72.8 Å². The molecule has 34 heavy (non-hydrogen) atoms. The molecule has 174 valence electrons. The van der Waals surface area contributed by atoms with Crippen molar-refractivity contribution < 1.29 is 14.3 Å². The fourth-order valence-corrected chi connectivity index (χ4v) is 3.96. The molecular weight excluding hydrogens is 426 g/mol. The standard InChI is InChI=1S/C28H29N3O3/c1-4-34-28(33)20-12-15-22-23(16-20)31-27(32)24(22)26(19-8-6-5-7-9-19)30-21-13-10-18(11-14-21)25(29)17(2)3/h5-17,25,30H,4,29H2,1-3H3,(H,31,32)/b26-24-. The van der Waals surface area contributed by atoms with Gasteiger partial charge in [0, 0.05) is 17.3 Å². The Morgan fingerprint density at radius 2 is 1.71 bits per heavy atom. The number of hydrogen-bond acceptors (Lipinski definition) is 5. The molecule has 0 saturated heterocycles. The summed E-state index contributed by atoms with van der Waals surface area (Å²) in [5.74, 6) is -0.321. The van der Waals surface area contributed by atoms with E-state index >= 15 is 0 Å². The van der Waals surface area contributed by atoms with Gasteiger partial charge in [-0.2, -0.15) is 0 Å². The number of ether oxygens (including phenoxy) is 1. The lowest BCUT2D eigenvalue weighted by molar-refractivity contribution is -0.110. The Morgan fingerprint density at radius 3 is 2.35 bits per heavy atom. The first-order chi connectivity index (χ1) is 16.4. The van der Waals surface area contributed by atoms with Gasteiger partial charge in [0.15, 0.2) is 0 Å². The second kappa shape index (κ2) is 9.93. The van der Waals surface area contributed by atoms with Crippen LogP contribution in [-0.4, -0.2) is 18.5 Å². The Labute approximate surface area is 199 Å². The molecule has 0 radical (unpaired) electrons. The van der Waals surface area contributed by atoms with Crippen molar-refractivity contribution in [2.24, 2.45) is 11.7 Å². The van der Waals surface area contributed by atoms with Gasteiger partial charge in [0.05, 0.1) is 29.1 Å². The largest absolute Gasteiger partial charge is 0.462 e. The molecule has 1 aliphatic rings. The highest BCUT2D eigenvalue weighted by Gasteiger charge is 2.29. The lowest BCUT2D eigenvalue weighted by Gasteiger charge is -2.18. The fraction of sp³-hybridized carbons (Fsp3) is 0.214. The summed E-state index contributed by atoms with van der Waals surface area (Å²) >= 11 is 0. The summed E-state index contributed by atoms with van der Waals surface area (Å²) in [6.45, 7) is 6.24. The van der Waals surface area contributed by atoms with E-state index in [0.717, 1.165) is 22.4 Å². The number of nitrogens with one attached hydrogen (secondary N) is 2. The van der Waals surface area contributed by atoms with Gasteiger partial charge in [-0.05, 0) is 48.2 Å². The van der Waals surface area contributed by atoms with Gasteiger partial charge in [0.25, 0.3) is 5.91 Å². The van der Waals surface area contributed by atoms with E-state index in [1.165, 1.54) is 0 Å². The van der Waals surface area contributed by atoms with Crippen molar-refractivity contribution in [1.29, 1.82) is 0 Å².